The van der Waals surface area contributed by atoms with Crippen LogP contribution in [0.25, 0.3) is 11.4 Å². The summed E-state index contributed by atoms with van der Waals surface area (Å²) in [6, 6.07) is 2.08. The van der Waals surface area contributed by atoms with Crippen LogP contribution >= 0.6 is 0 Å². The van der Waals surface area contributed by atoms with Crippen molar-refractivity contribution in [1.82, 2.24) is 14.8 Å². The molecule has 0 aliphatic carbocycles. The van der Waals surface area contributed by atoms with Gasteiger partial charge in [0.2, 0.25) is 0 Å². The minimum absolute atomic E-state index is 0.0489. The zero-order valence-electron chi connectivity index (χ0n) is 11.1. The predicted octanol–water partition coefficient (Wildman–Crippen LogP) is 2.94. The molecule has 0 saturated heterocycles. The van der Waals surface area contributed by atoms with E-state index in [0.717, 1.165) is 29.4 Å². The summed E-state index contributed by atoms with van der Waals surface area (Å²) >= 11 is 0. The summed E-state index contributed by atoms with van der Waals surface area (Å²) in [5.74, 6) is 0.763. The van der Waals surface area contributed by atoms with Crippen molar-refractivity contribution in [3.8, 4) is 11.4 Å². The highest BCUT2D eigenvalue weighted by atomic mass is 16.3. The molecular formula is C13H19N3O. The number of hydrogen-bond acceptors (Lipinski definition) is 3. The highest BCUT2D eigenvalue weighted by Gasteiger charge is 2.20. The van der Waals surface area contributed by atoms with Crippen LogP contribution in [-0.2, 0) is 18.9 Å². The highest BCUT2D eigenvalue weighted by Crippen LogP contribution is 2.26. The molecule has 0 radical (unpaired) electrons. The number of oxazole rings is 1. The molecule has 0 N–H and O–H groups in total. The molecule has 4 nitrogen and oxygen atoms in total. The normalized spacial score (nSPS) is 12.1. The lowest BCUT2D eigenvalue weighted by atomic mass is 9.92. The zero-order valence-corrected chi connectivity index (χ0v) is 11.1. The maximum Gasteiger partial charge on any atom is 0.194 e. The highest BCUT2D eigenvalue weighted by molar-refractivity contribution is 5.54. The molecular weight excluding hydrogens is 214 g/mol. The molecule has 4 heteroatoms. The van der Waals surface area contributed by atoms with Crippen LogP contribution in [0.15, 0.2) is 16.7 Å². The van der Waals surface area contributed by atoms with Gasteiger partial charge in [0.25, 0.3) is 0 Å². The van der Waals surface area contributed by atoms with E-state index in [0.29, 0.717) is 0 Å². The summed E-state index contributed by atoms with van der Waals surface area (Å²) in [7, 11) is 1.94. The van der Waals surface area contributed by atoms with Crippen molar-refractivity contribution < 1.29 is 4.42 Å². The van der Waals surface area contributed by atoms with Crippen LogP contribution in [-0.4, -0.2) is 14.8 Å². The van der Waals surface area contributed by atoms with Crippen LogP contribution in [0.1, 0.15) is 39.3 Å². The van der Waals surface area contributed by atoms with Gasteiger partial charge in [-0.3, -0.25) is 4.68 Å². The smallest absolute Gasteiger partial charge is 0.194 e. The van der Waals surface area contributed by atoms with Crippen LogP contribution in [0.4, 0.5) is 0 Å². The van der Waals surface area contributed by atoms with Crippen molar-refractivity contribution in [2.45, 2.75) is 39.5 Å². The first-order valence-electron chi connectivity index (χ1n) is 5.91. The monoisotopic (exact) mass is 233 g/mol. The summed E-state index contributed by atoms with van der Waals surface area (Å²) in [6.07, 6.45) is 2.51. The third kappa shape index (κ3) is 2.25. The van der Waals surface area contributed by atoms with Crippen molar-refractivity contribution in [2.24, 2.45) is 7.05 Å². The molecule has 2 aromatic heterocycles. The number of nitrogens with zero attached hydrogens (tertiary/aromatic N) is 3. The van der Waals surface area contributed by atoms with Crippen LogP contribution in [0.5, 0.6) is 0 Å². The Kier molecular flexibility index (Phi) is 2.81. The average Bonchev–Trinajstić information content (AvgIpc) is 2.82. The van der Waals surface area contributed by atoms with E-state index in [1.807, 2.05) is 18.7 Å². The topological polar surface area (TPSA) is 43.9 Å². The standard InChI is InChI=1S/C13H19N3O/c1-6-12-14-9(8-17-12)10-7-11(13(2,3)4)15-16(10)5/h7-8H,6H2,1-5H3. The molecule has 0 aliphatic rings. The summed E-state index contributed by atoms with van der Waals surface area (Å²) in [6.45, 7) is 8.48. The predicted molar refractivity (Wildman–Crippen MR) is 66.8 cm³/mol. The Balaban J connectivity index is 2.42. The van der Waals surface area contributed by atoms with E-state index in [9.17, 15) is 0 Å². The van der Waals surface area contributed by atoms with Gasteiger partial charge in [0.1, 0.15) is 12.0 Å². The Morgan fingerprint density at radius 2 is 2.06 bits per heavy atom. The van der Waals surface area contributed by atoms with Gasteiger partial charge in [-0.15, -0.1) is 0 Å². The zero-order chi connectivity index (χ0) is 12.6. The van der Waals surface area contributed by atoms with Crippen molar-refractivity contribution >= 4 is 0 Å². The Hall–Kier alpha value is -1.58. The van der Waals surface area contributed by atoms with Crippen molar-refractivity contribution in [2.75, 3.05) is 0 Å². The first-order valence-corrected chi connectivity index (χ1v) is 5.91. The molecule has 2 rings (SSSR count). The minimum atomic E-state index is 0.0489. The molecule has 0 bridgehead atoms. The second-order valence-electron chi connectivity index (χ2n) is 5.27. The van der Waals surface area contributed by atoms with Gasteiger partial charge in [-0.05, 0) is 6.07 Å². The van der Waals surface area contributed by atoms with E-state index in [1.54, 1.807) is 6.26 Å². The second-order valence-corrected chi connectivity index (χ2v) is 5.27. The first kappa shape index (κ1) is 11.9. The van der Waals surface area contributed by atoms with E-state index in [4.69, 9.17) is 4.42 Å². The second kappa shape index (κ2) is 4.02. The fourth-order valence-corrected chi connectivity index (χ4v) is 1.66. The Morgan fingerprint density at radius 3 is 2.53 bits per heavy atom. The van der Waals surface area contributed by atoms with E-state index >= 15 is 0 Å². The maximum atomic E-state index is 5.37. The Bertz CT molecular complexity index is 517. The minimum Gasteiger partial charge on any atom is -0.448 e. The fourth-order valence-electron chi connectivity index (χ4n) is 1.66. The summed E-state index contributed by atoms with van der Waals surface area (Å²) in [5, 5.41) is 4.53. The lowest BCUT2D eigenvalue weighted by Gasteiger charge is -2.13. The molecule has 0 unspecified atom stereocenters. The van der Waals surface area contributed by atoms with E-state index in [1.165, 1.54) is 0 Å². The quantitative estimate of drug-likeness (QED) is 0.801. The van der Waals surface area contributed by atoms with Gasteiger partial charge in [-0.25, -0.2) is 4.98 Å². The fraction of sp³-hybridized carbons (Fsp3) is 0.538. The van der Waals surface area contributed by atoms with Gasteiger partial charge in [-0.2, -0.15) is 5.10 Å². The molecule has 0 amide bonds. The van der Waals surface area contributed by atoms with Crippen LogP contribution in [0, 0.1) is 0 Å². The third-order valence-corrected chi connectivity index (χ3v) is 2.76. The van der Waals surface area contributed by atoms with E-state index in [2.05, 4.69) is 36.9 Å². The molecule has 17 heavy (non-hydrogen) atoms. The van der Waals surface area contributed by atoms with Crippen molar-refractivity contribution in [3.63, 3.8) is 0 Å². The maximum absolute atomic E-state index is 5.37. The first-order chi connectivity index (χ1) is 7.91. The van der Waals surface area contributed by atoms with Crippen LogP contribution in [0.2, 0.25) is 0 Å². The molecule has 0 aliphatic heterocycles. The van der Waals surface area contributed by atoms with E-state index < -0.39 is 0 Å². The molecule has 0 spiro atoms. The SMILES string of the molecule is CCc1nc(-c2cc(C(C)(C)C)nn2C)co1. The average molecular weight is 233 g/mol. The molecule has 2 aromatic rings. The summed E-state index contributed by atoms with van der Waals surface area (Å²) in [5.41, 5.74) is 2.97. The lowest BCUT2D eigenvalue weighted by Crippen LogP contribution is -2.12. The third-order valence-electron chi connectivity index (χ3n) is 2.76. The Labute approximate surface area is 102 Å². The van der Waals surface area contributed by atoms with Crippen molar-refractivity contribution in [3.05, 3.63) is 23.9 Å². The largest absolute Gasteiger partial charge is 0.448 e. The van der Waals surface area contributed by atoms with Gasteiger partial charge in [0.15, 0.2) is 5.89 Å². The molecule has 92 valence electrons. The molecule has 0 saturated carbocycles. The number of hydrogen-bond donors (Lipinski definition) is 0. The summed E-state index contributed by atoms with van der Waals surface area (Å²) in [4.78, 5) is 4.43. The van der Waals surface area contributed by atoms with E-state index in [-0.39, 0.29) is 5.41 Å². The molecule has 2 heterocycles. The summed E-state index contributed by atoms with van der Waals surface area (Å²) < 4.78 is 7.22. The number of aryl methyl sites for hydroxylation is 2. The van der Waals surface area contributed by atoms with Crippen molar-refractivity contribution in [1.29, 1.82) is 0 Å². The molecule has 0 fully saturated rings. The van der Waals surface area contributed by atoms with Gasteiger partial charge >= 0.3 is 0 Å². The molecule has 0 atom stereocenters. The van der Waals surface area contributed by atoms with Gasteiger partial charge in [-0.1, -0.05) is 27.7 Å². The van der Waals surface area contributed by atoms with Crippen LogP contribution in [0.3, 0.4) is 0 Å². The Morgan fingerprint density at radius 1 is 1.35 bits per heavy atom. The number of rotatable bonds is 2. The van der Waals surface area contributed by atoms with Gasteiger partial charge in [0.05, 0.1) is 11.4 Å². The van der Waals surface area contributed by atoms with Gasteiger partial charge < -0.3 is 4.42 Å². The van der Waals surface area contributed by atoms with Gasteiger partial charge in [0, 0.05) is 18.9 Å². The lowest BCUT2D eigenvalue weighted by molar-refractivity contribution is 0.502. The number of aromatic nitrogens is 3. The van der Waals surface area contributed by atoms with Crippen LogP contribution < -0.4 is 0 Å². The molecule has 0 aromatic carbocycles.